The Morgan fingerprint density at radius 1 is 1.19 bits per heavy atom. The van der Waals surface area contributed by atoms with Gasteiger partial charge in [0, 0.05) is 25.9 Å². The van der Waals surface area contributed by atoms with Crippen LogP contribution in [0.15, 0.2) is 12.2 Å². The smallest absolute Gasteiger partial charge is 0.409 e. The highest BCUT2D eigenvalue weighted by atomic mass is 16.6. The van der Waals surface area contributed by atoms with Crippen LogP contribution in [0.3, 0.4) is 0 Å². The molecule has 2 heterocycles. The molecule has 0 aliphatic carbocycles. The predicted octanol–water partition coefficient (Wildman–Crippen LogP) is 3.85. The van der Waals surface area contributed by atoms with Crippen LogP contribution in [-0.4, -0.2) is 54.5 Å². The van der Waals surface area contributed by atoms with E-state index in [4.69, 9.17) is 14.6 Å². The number of carboxylic acids is 1. The van der Waals surface area contributed by atoms with Crippen molar-refractivity contribution in [1.29, 1.82) is 0 Å². The SMILES string of the molecule is CCCCN(C)C(=O)OC[C@@H]1[C@@H](CC=CCCCC(=O)O)[C@H]2CC[C@@H]1O2. The number of unbranched alkanes of at least 4 members (excludes halogenated alkanes) is 2. The van der Waals surface area contributed by atoms with Crippen LogP contribution in [0.5, 0.6) is 0 Å². The van der Waals surface area contributed by atoms with Crippen molar-refractivity contribution >= 4 is 12.1 Å². The summed E-state index contributed by atoms with van der Waals surface area (Å²) in [4.78, 5) is 24.3. The standard InChI is InChI=1S/C20H33NO5/c1-3-4-13-21(2)20(24)25-14-16-15(17-11-12-18(16)26-17)9-7-5-6-8-10-19(22)23/h5,7,15-18H,3-4,6,8-14H2,1-2H3,(H,22,23)/t15-,16-,17-,18+/m1/s1. The zero-order valence-electron chi connectivity index (χ0n) is 16.1. The Labute approximate surface area is 156 Å². The molecule has 2 saturated heterocycles. The van der Waals surface area contributed by atoms with Gasteiger partial charge >= 0.3 is 12.1 Å². The van der Waals surface area contributed by atoms with Gasteiger partial charge in [0.2, 0.25) is 0 Å². The molecule has 6 heteroatoms. The molecule has 0 radical (unpaired) electrons. The summed E-state index contributed by atoms with van der Waals surface area (Å²) in [5.74, 6) is -0.0927. The maximum absolute atomic E-state index is 12.1. The van der Waals surface area contributed by atoms with E-state index in [0.717, 1.165) is 45.1 Å². The second kappa shape index (κ2) is 10.6. The lowest BCUT2D eigenvalue weighted by Gasteiger charge is -2.27. The fraction of sp³-hybridized carbons (Fsp3) is 0.800. The van der Waals surface area contributed by atoms with E-state index in [0.29, 0.717) is 18.9 Å². The van der Waals surface area contributed by atoms with E-state index in [1.54, 1.807) is 11.9 Å². The topological polar surface area (TPSA) is 76.1 Å². The van der Waals surface area contributed by atoms with Crippen molar-refractivity contribution in [3.05, 3.63) is 12.2 Å². The minimum absolute atomic E-state index is 0.208. The normalized spacial score (nSPS) is 27.2. The minimum atomic E-state index is -0.745. The van der Waals surface area contributed by atoms with Crippen molar-refractivity contribution in [2.45, 2.75) is 70.5 Å². The first-order valence-corrected chi connectivity index (χ1v) is 9.93. The molecule has 2 aliphatic heterocycles. The van der Waals surface area contributed by atoms with Crippen LogP contribution in [-0.2, 0) is 14.3 Å². The van der Waals surface area contributed by atoms with Gasteiger partial charge in [-0.05, 0) is 44.4 Å². The van der Waals surface area contributed by atoms with Gasteiger partial charge in [-0.3, -0.25) is 4.79 Å². The number of aliphatic carboxylic acids is 1. The third-order valence-electron chi connectivity index (χ3n) is 5.48. The van der Waals surface area contributed by atoms with Gasteiger partial charge in [0.15, 0.2) is 0 Å². The number of carbonyl (C=O) groups is 2. The Morgan fingerprint density at radius 2 is 1.92 bits per heavy atom. The molecule has 0 spiro atoms. The average Bonchev–Trinajstić information content (AvgIpc) is 3.21. The third kappa shape index (κ3) is 6.01. The fourth-order valence-corrected chi connectivity index (χ4v) is 3.93. The largest absolute Gasteiger partial charge is 0.481 e. The van der Waals surface area contributed by atoms with Gasteiger partial charge in [0.05, 0.1) is 18.8 Å². The van der Waals surface area contributed by atoms with E-state index >= 15 is 0 Å². The summed E-state index contributed by atoms with van der Waals surface area (Å²) < 4.78 is 11.6. The number of hydrogen-bond acceptors (Lipinski definition) is 4. The van der Waals surface area contributed by atoms with Crippen LogP contribution in [0.2, 0.25) is 0 Å². The number of rotatable bonds is 11. The zero-order valence-corrected chi connectivity index (χ0v) is 16.1. The van der Waals surface area contributed by atoms with E-state index in [2.05, 4.69) is 19.1 Å². The first kappa shape index (κ1) is 20.7. The number of carboxylic acid groups (broad SMARTS) is 1. The third-order valence-corrected chi connectivity index (χ3v) is 5.48. The lowest BCUT2D eigenvalue weighted by molar-refractivity contribution is -0.137. The van der Waals surface area contributed by atoms with E-state index in [1.807, 2.05) is 0 Å². The highest BCUT2D eigenvalue weighted by Crippen LogP contribution is 2.45. The first-order chi connectivity index (χ1) is 12.5. The fourth-order valence-electron chi connectivity index (χ4n) is 3.93. The Hall–Kier alpha value is -1.56. The molecule has 148 valence electrons. The number of carbonyl (C=O) groups excluding carboxylic acids is 1. The number of fused-ring (bicyclic) bond motifs is 2. The minimum Gasteiger partial charge on any atom is -0.481 e. The molecule has 1 amide bonds. The number of amides is 1. The van der Waals surface area contributed by atoms with E-state index < -0.39 is 5.97 Å². The summed E-state index contributed by atoms with van der Waals surface area (Å²) in [7, 11) is 1.78. The van der Waals surface area contributed by atoms with Crippen molar-refractivity contribution in [3.63, 3.8) is 0 Å². The van der Waals surface area contributed by atoms with Crippen molar-refractivity contribution < 1.29 is 24.2 Å². The molecule has 6 nitrogen and oxygen atoms in total. The average molecular weight is 367 g/mol. The molecule has 2 aliphatic rings. The summed E-state index contributed by atoms with van der Waals surface area (Å²) in [5, 5.41) is 8.65. The maximum atomic E-state index is 12.1. The second-order valence-electron chi connectivity index (χ2n) is 7.46. The molecule has 2 fully saturated rings. The number of ether oxygens (including phenoxy) is 2. The molecule has 4 atom stereocenters. The van der Waals surface area contributed by atoms with E-state index in [9.17, 15) is 9.59 Å². The van der Waals surface area contributed by atoms with E-state index in [1.165, 1.54) is 0 Å². The predicted molar refractivity (Wildman–Crippen MR) is 99.0 cm³/mol. The van der Waals surface area contributed by atoms with E-state index in [-0.39, 0.29) is 30.6 Å². The summed E-state index contributed by atoms with van der Waals surface area (Å²) in [6.45, 7) is 3.25. The monoisotopic (exact) mass is 367 g/mol. The lowest BCUT2D eigenvalue weighted by Crippen LogP contribution is -2.35. The summed E-state index contributed by atoms with van der Waals surface area (Å²) in [6.07, 6.45) is 11.2. The highest BCUT2D eigenvalue weighted by Gasteiger charge is 2.48. The zero-order chi connectivity index (χ0) is 18.9. The molecule has 2 rings (SSSR count). The molecule has 1 N–H and O–H groups in total. The molecule has 0 aromatic rings. The number of nitrogens with zero attached hydrogens (tertiary/aromatic N) is 1. The lowest BCUT2D eigenvalue weighted by atomic mass is 9.78. The first-order valence-electron chi connectivity index (χ1n) is 9.93. The molecule has 0 unspecified atom stereocenters. The van der Waals surface area contributed by atoms with Crippen LogP contribution in [0.4, 0.5) is 4.79 Å². The van der Waals surface area contributed by atoms with Gasteiger partial charge in [0.25, 0.3) is 0 Å². The van der Waals surface area contributed by atoms with Crippen molar-refractivity contribution in [1.82, 2.24) is 4.90 Å². The van der Waals surface area contributed by atoms with Crippen molar-refractivity contribution in [2.75, 3.05) is 20.2 Å². The van der Waals surface area contributed by atoms with Gasteiger partial charge in [0.1, 0.15) is 0 Å². The van der Waals surface area contributed by atoms with Gasteiger partial charge in [-0.15, -0.1) is 0 Å². The number of allylic oxidation sites excluding steroid dienone is 2. The summed E-state index contributed by atoms with van der Waals surface area (Å²) >= 11 is 0. The van der Waals surface area contributed by atoms with Crippen LogP contribution < -0.4 is 0 Å². The van der Waals surface area contributed by atoms with Crippen molar-refractivity contribution in [2.24, 2.45) is 11.8 Å². The second-order valence-corrected chi connectivity index (χ2v) is 7.46. The molecular formula is C20H33NO5. The van der Waals surface area contributed by atoms with Crippen LogP contribution in [0.1, 0.15) is 58.3 Å². The summed E-state index contributed by atoms with van der Waals surface area (Å²) in [6, 6.07) is 0. The molecular weight excluding hydrogens is 334 g/mol. The van der Waals surface area contributed by atoms with Gasteiger partial charge in [-0.25, -0.2) is 4.79 Å². The maximum Gasteiger partial charge on any atom is 0.409 e. The Bertz CT molecular complexity index is 493. The Kier molecular flexibility index (Phi) is 8.42. The summed E-state index contributed by atoms with van der Waals surface area (Å²) in [5.41, 5.74) is 0. The molecule has 2 bridgehead atoms. The van der Waals surface area contributed by atoms with Crippen LogP contribution in [0.25, 0.3) is 0 Å². The Balaban J connectivity index is 1.76. The molecule has 0 aromatic carbocycles. The van der Waals surface area contributed by atoms with Gasteiger partial charge in [-0.2, -0.15) is 0 Å². The van der Waals surface area contributed by atoms with Crippen molar-refractivity contribution in [3.8, 4) is 0 Å². The quantitative estimate of drug-likeness (QED) is 0.443. The molecule has 26 heavy (non-hydrogen) atoms. The van der Waals surface area contributed by atoms with Gasteiger partial charge in [-0.1, -0.05) is 25.5 Å². The number of hydrogen-bond donors (Lipinski definition) is 1. The van der Waals surface area contributed by atoms with Crippen LogP contribution in [0, 0.1) is 11.8 Å². The molecule has 0 saturated carbocycles. The van der Waals surface area contributed by atoms with Crippen LogP contribution >= 0.6 is 0 Å². The Morgan fingerprint density at radius 3 is 2.62 bits per heavy atom. The molecule has 0 aromatic heterocycles. The highest BCUT2D eigenvalue weighted by molar-refractivity contribution is 5.67. The van der Waals surface area contributed by atoms with Gasteiger partial charge < -0.3 is 19.5 Å².